The number of hydrogen-bond acceptors (Lipinski definition) is 5. The van der Waals surface area contributed by atoms with Gasteiger partial charge in [0.25, 0.3) is 0 Å². The number of H-pyrrole nitrogens is 1. The van der Waals surface area contributed by atoms with Crippen LogP contribution in [0.5, 0.6) is 0 Å². The standard InChI is InChI=1S/C21H13N3O2S/c22-13-15(20(25)14-6-2-1-3-7-14)12-16-10-11-19(26-16)27-21-23-17-8-4-5-9-18(17)24-21/h1-12H,(H,23,24)/b15-12+. The molecule has 0 spiro atoms. The molecule has 2 heterocycles. The van der Waals surface area contributed by atoms with Crippen molar-refractivity contribution in [3.63, 3.8) is 0 Å². The van der Waals surface area contributed by atoms with E-state index in [1.165, 1.54) is 17.8 Å². The molecular weight excluding hydrogens is 358 g/mol. The third-order valence-corrected chi connectivity index (χ3v) is 4.66. The highest BCUT2D eigenvalue weighted by Gasteiger charge is 2.13. The molecule has 0 unspecified atom stereocenters. The first-order valence-electron chi connectivity index (χ1n) is 8.17. The summed E-state index contributed by atoms with van der Waals surface area (Å²) < 4.78 is 5.73. The number of nitrogens with zero attached hydrogens (tertiary/aromatic N) is 2. The predicted molar refractivity (Wildman–Crippen MR) is 103 cm³/mol. The van der Waals surface area contributed by atoms with Crippen LogP contribution < -0.4 is 0 Å². The van der Waals surface area contributed by atoms with E-state index in [1.54, 1.807) is 36.4 Å². The Morgan fingerprint density at radius 1 is 1.07 bits per heavy atom. The van der Waals surface area contributed by atoms with Gasteiger partial charge in [-0.25, -0.2) is 4.98 Å². The molecule has 0 aliphatic carbocycles. The average molecular weight is 371 g/mol. The fourth-order valence-corrected chi connectivity index (χ4v) is 3.35. The summed E-state index contributed by atoms with van der Waals surface area (Å²) in [4.78, 5) is 20.1. The number of ketones is 1. The van der Waals surface area contributed by atoms with Crippen LogP contribution in [-0.4, -0.2) is 15.8 Å². The quantitative estimate of drug-likeness (QED) is 0.300. The fraction of sp³-hybridized carbons (Fsp3) is 0. The molecule has 0 saturated heterocycles. The predicted octanol–water partition coefficient (Wildman–Crippen LogP) is 5.10. The molecule has 0 bridgehead atoms. The molecule has 5 nitrogen and oxygen atoms in total. The van der Waals surface area contributed by atoms with Gasteiger partial charge in [-0.2, -0.15) is 5.26 Å². The van der Waals surface area contributed by atoms with Crippen LogP contribution in [0, 0.1) is 11.3 Å². The fourth-order valence-electron chi connectivity index (χ4n) is 2.58. The molecule has 0 atom stereocenters. The molecule has 0 fully saturated rings. The highest BCUT2D eigenvalue weighted by atomic mass is 32.2. The van der Waals surface area contributed by atoms with Gasteiger partial charge in [0.1, 0.15) is 17.4 Å². The number of Topliss-reactive ketones (excluding diaryl/α,β-unsaturated/α-hetero) is 1. The lowest BCUT2D eigenvalue weighted by molar-refractivity contribution is 0.104. The first-order valence-corrected chi connectivity index (χ1v) is 8.98. The van der Waals surface area contributed by atoms with E-state index in [0.717, 1.165) is 11.0 Å². The lowest BCUT2D eigenvalue weighted by atomic mass is 10.0. The number of aromatic nitrogens is 2. The average Bonchev–Trinajstić information content (AvgIpc) is 3.32. The van der Waals surface area contributed by atoms with E-state index in [1.807, 2.05) is 36.4 Å². The van der Waals surface area contributed by atoms with E-state index in [2.05, 4.69) is 9.97 Å². The van der Waals surface area contributed by atoms with Crippen molar-refractivity contribution in [2.24, 2.45) is 0 Å². The lowest BCUT2D eigenvalue weighted by Gasteiger charge is -1.98. The zero-order valence-corrected chi connectivity index (χ0v) is 14.9. The molecule has 0 radical (unpaired) electrons. The van der Waals surface area contributed by atoms with E-state index in [-0.39, 0.29) is 11.4 Å². The molecule has 27 heavy (non-hydrogen) atoms. The van der Waals surface area contributed by atoms with Gasteiger partial charge in [0.15, 0.2) is 10.2 Å². The summed E-state index contributed by atoms with van der Waals surface area (Å²) in [5.41, 5.74) is 2.32. The minimum absolute atomic E-state index is 0.0239. The van der Waals surface area contributed by atoms with Crippen molar-refractivity contribution in [1.82, 2.24) is 9.97 Å². The number of aromatic amines is 1. The van der Waals surface area contributed by atoms with Crippen LogP contribution in [0.4, 0.5) is 0 Å². The number of fused-ring (bicyclic) bond motifs is 1. The van der Waals surface area contributed by atoms with Crippen LogP contribution >= 0.6 is 11.8 Å². The van der Waals surface area contributed by atoms with Crippen molar-refractivity contribution in [2.45, 2.75) is 10.2 Å². The first-order chi connectivity index (χ1) is 13.2. The third-order valence-electron chi connectivity index (χ3n) is 3.85. The second kappa shape index (κ2) is 7.36. The Hall–Kier alpha value is -3.56. The molecule has 4 rings (SSSR count). The van der Waals surface area contributed by atoms with Gasteiger partial charge in [0.2, 0.25) is 5.78 Å². The van der Waals surface area contributed by atoms with Crippen molar-refractivity contribution in [3.8, 4) is 6.07 Å². The number of carbonyl (C=O) groups is 1. The van der Waals surface area contributed by atoms with Crippen molar-refractivity contribution < 1.29 is 9.21 Å². The Kier molecular flexibility index (Phi) is 4.60. The van der Waals surface area contributed by atoms with Gasteiger partial charge in [-0.15, -0.1) is 0 Å². The number of imidazole rings is 1. The number of furan rings is 1. The van der Waals surface area contributed by atoms with Crippen molar-refractivity contribution >= 4 is 34.7 Å². The molecular formula is C21H13N3O2S. The number of allylic oxidation sites excluding steroid dienone is 1. The van der Waals surface area contributed by atoms with Crippen LogP contribution in [-0.2, 0) is 0 Å². The number of para-hydroxylation sites is 2. The van der Waals surface area contributed by atoms with Crippen LogP contribution in [0.3, 0.4) is 0 Å². The minimum atomic E-state index is -0.332. The summed E-state index contributed by atoms with van der Waals surface area (Å²) in [6, 6.07) is 21.9. The monoisotopic (exact) mass is 371 g/mol. The highest BCUT2D eigenvalue weighted by Crippen LogP contribution is 2.29. The number of hydrogen-bond donors (Lipinski definition) is 1. The van der Waals surface area contributed by atoms with Crippen LogP contribution in [0.25, 0.3) is 17.1 Å². The van der Waals surface area contributed by atoms with Gasteiger partial charge in [0.05, 0.1) is 11.0 Å². The molecule has 0 aliphatic heterocycles. The maximum absolute atomic E-state index is 12.4. The SMILES string of the molecule is N#C/C(=C\c1ccc(Sc2nc3ccccc3[nH]2)o1)C(=O)c1ccccc1. The van der Waals surface area contributed by atoms with E-state index in [4.69, 9.17) is 4.42 Å². The van der Waals surface area contributed by atoms with Crippen molar-refractivity contribution in [2.75, 3.05) is 0 Å². The van der Waals surface area contributed by atoms with Gasteiger partial charge < -0.3 is 9.40 Å². The van der Waals surface area contributed by atoms with Gasteiger partial charge in [-0.3, -0.25) is 4.79 Å². The van der Waals surface area contributed by atoms with Gasteiger partial charge in [-0.05, 0) is 36.0 Å². The Morgan fingerprint density at radius 3 is 2.63 bits per heavy atom. The summed E-state index contributed by atoms with van der Waals surface area (Å²) in [6.07, 6.45) is 1.46. The smallest absolute Gasteiger partial charge is 0.203 e. The van der Waals surface area contributed by atoms with Crippen molar-refractivity contribution in [1.29, 1.82) is 5.26 Å². The second-order valence-electron chi connectivity index (χ2n) is 5.68. The Balaban J connectivity index is 1.55. The maximum atomic E-state index is 12.4. The summed E-state index contributed by atoms with van der Waals surface area (Å²) in [6.45, 7) is 0. The number of nitriles is 1. The number of benzene rings is 2. The van der Waals surface area contributed by atoms with Gasteiger partial charge >= 0.3 is 0 Å². The zero-order chi connectivity index (χ0) is 18.6. The van der Waals surface area contributed by atoms with Crippen molar-refractivity contribution in [3.05, 3.63) is 83.6 Å². The van der Waals surface area contributed by atoms with E-state index in [9.17, 15) is 10.1 Å². The molecule has 6 heteroatoms. The van der Waals surface area contributed by atoms with Gasteiger partial charge in [-0.1, -0.05) is 42.5 Å². The van der Waals surface area contributed by atoms with E-state index in [0.29, 0.717) is 21.6 Å². The van der Waals surface area contributed by atoms with Crippen LogP contribution in [0.2, 0.25) is 0 Å². The van der Waals surface area contributed by atoms with Gasteiger partial charge in [0, 0.05) is 11.6 Å². The topological polar surface area (TPSA) is 82.7 Å². The lowest BCUT2D eigenvalue weighted by Crippen LogP contribution is -2.01. The molecule has 0 aliphatic rings. The summed E-state index contributed by atoms with van der Waals surface area (Å²) >= 11 is 1.34. The summed E-state index contributed by atoms with van der Waals surface area (Å²) in [5.74, 6) is 0.107. The Labute approximate surface area is 159 Å². The largest absolute Gasteiger partial charge is 0.450 e. The molecule has 4 aromatic rings. The molecule has 130 valence electrons. The number of rotatable bonds is 5. The summed E-state index contributed by atoms with van der Waals surface area (Å²) in [5, 5.41) is 10.7. The molecule has 2 aromatic carbocycles. The molecule has 2 aromatic heterocycles. The van der Waals surface area contributed by atoms with E-state index < -0.39 is 0 Å². The van der Waals surface area contributed by atoms with E-state index >= 15 is 0 Å². The molecule has 1 N–H and O–H groups in total. The number of nitrogens with one attached hydrogen (secondary N) is 1. The molecule has 0 amide bonds. The second-order valence-corrected chi connectivity index (χ2v) is 6.68. The molecule has 0 saturated carbocycles. The first kappa shape index (κ1) is 16.9. The van der Waals surface area contributed by atoms with Crippen LogP contribution in [0.15, 0.2) is 87.0 Å². The Morgan fingerprint density at radius 2 is 1.85 bits per heavy atom. The number of carbonyl (C=O) groups excluding carboxylic acids is 1. The third kappa shape index (κ3) is 3.68. The maximum Gasteiger partial charge on any atom is 0.203 e. The normalized spacial score (nSPS) is 11.4. The Bertz CT molecular complexity index is 1150. The summed E-state index contributed by atoms with van der Waals surface area (Å²) in [7, 11) is 0. The highest BCUT2D eigenvalue weighted by molar-refractivity contribution is 7.99. The zero-order valence-electron chi connectivity index (χ0n) is 14.0. The minimum Gasteiger partial charge on any atom is -0.450 e. The van der Waals surface area contributed by atoms with Crippen LogP contribution in [0.1, 0.15) is 16.1 Å².